The Morgan fingerprint density at radius 1 is 0.625 bits per heavy atom. The smallest absolute Gasteiger partial charge is 0.127 e. The lowest BCUT2D eigenvalue weighted by atomic mass is 9.86. The van der Waals surface area contributed by atoms with E-state index in [9.17, 15) is 20.4 Å². The first-order valence-corrected chi connectivity index (χ1v) is 8.19. The van der Waals surface area contributed by atoms with Crippen LogP contribution in [0.5, 0.6) is 23.0 Å². The third-order valence-corrected chi connectivity index (χ3v) is 4.62. The van der Waals surface area contributed by atoms with Crippen molar-refractivity contribution >= 4 is 0 Å². The number of rotatable bonds is 3. The van der Waals surface area contributed by atoms with Crippen LogP contribution >= 0.6 is 0 Å². The Balaban J connectivity index is 2.97. The first kappa shape index (κ1) is 18.0. The van der Waals surface area contributed by atoms with Crippen molar-refractivity contribution in [3.63, 3.8) is 0 Å². The second-order valence-corrected chi connectivity index (χ2v) is 6.98. The van der Waals surface area contributed by atoms with Crippen LogP contribution in [0.4, 0.5) is 0 Å². The average molecular weight is 330 g/mol. The van der Waals surface area contributed by atoms with Gasteiger partial charge in [0.25, 0.3) is 0 Å². The number of hydrogen-bond acceptors (Lipinski definition) is 4. The maximum atomic E-state index is 10.8. The molecular weight excluding hydrogens is 304 g/mol. The fraction of sp³-hybridized carbons (Fsp3) is 0.400. The van der Waals surface area contributed by atoms with Crippen molar-refractivity contribution in [3.8, 4) is 34.1 Å². The van der Waals surface area contributed by atoms with E-state index in [2.05, 4.69) is 0 Å². The van der Waals surface area contributed by atoms with E-state index in [1.165, 1.54) is 0 Å². The van der Waals surface area contributed by atoms with Gasteiger partial charge in [-0.2, -0.15) is 0 Å². The first-order chi connectivity index (χ1) is 11.1. The van der Waals surface area contributed by atoms with E-state index >= 15 is 0 Å². The maximum absolute atomic E-state index is 10.8. The van der Waals surface area contributed by atoms with E-state index in [4.69, 9.17) is 0 Å². The van der Waals surface area contributed by atoms with Crippen LogP contribution in [0.1, 0.15) is 61.8 Å². The highest BCUT2D eigenvalue weighted by molar-refractivity contribution is 5.86. The third-order valence-electron chi connectivity index (χ3n) is 4.62. The molecule has 0 aromatic heterocycles. The Hall–Kier alpha value is -2.36. The van der Waals surface area contributed by atoms with Gasteiger partial charge < -0.3 is 20.4 Å². The molecule has 0 radical (unpaired) electrons. The molecule has 4 heteroatoms. The molecule has 2 aromatic rings. The molecule has 0 spiro atoms. The second kappa shape index (κ2) is 6.27. The fourth-order valence-electron chi connectivity index (χ4n) is 3.04. The summed E-state index contributed by atoms with van der Waals surface area (Å²) >= 11 is 0. The van der Waals surface area contributed by atoms with Crippen molar-refractivity contribution < 1.29 is 20.4 Å². The molecule has 0 heterocycles. The summed E-state index contributed by atoms with van der Waals surface area (Å²) < 4.78 is 0. The van der Waals surface area contributed by atoms with Gasteiger partial charge in [0.1, 0.15) is 23.0 Å². The Bertz CT molecular complexity index is 722. The highest BCUT2D eigenvalue weighted by atomic mass is 16.3. The molecule has 0 bridgehead atoms. The minimum atomic E-state index is -0.000391. The van der Waals surface area contributed by atoms with Crippen molar-refractivity contribution in [1.29, 1.82) is 0 Å². The van der Waals surface area contributed by atoms with Crippen molar-refractivity contribution in [1.82, 2.24) is 0 Å². The Morgan fingerprint density at radius 2 is 0.917 bits per heavy atom. The second-order valence-electron chi connectivity index (χ2n) is 6.98. The number of benzene rings is 2. The van der Waals surface area contributed by atoms with Gasteiger partial charge in [-0.25, -0.2) is 0 Å². The van der Waals surface area contributed by atoms with Crippen LogP contribution in [0.2, 0.25) is 0 Å². The molecule has 24 heavy (non-hydrogen) atoms. The fourth-order valence-corrected chi connectivity index (χ4v) is 3.04. The number of phenolic OH excluding ortho intramolecular Hbond substituents is 4. The SMILES string of the molecule is Cc1c(O)cc(C(C)C)c(O)c1-c1c(C)c(O)cc(C(C)C)c1O. The topological polar surface area (TPSA) is 80.9 Å². The van der Waals surface area contributed by atoms with Crippen LogP contribution < -0.4 is 0 Å². The Kier molecular flexibility index (Phi) is 4.70. The van der Waals surface area contributed by atoms with Crippen molar-refractivity contribution in [3.05, 3.63) is 34.4 Å². The molecule has 0 aliphatic heterocycles. The molecule has 0 aliphatic rings. The molecule has 0 fully saturated rings. The van der Waals surface area contributed by atoms with Gasteiger partial charge in [-0.1, -0.05) is 27.7 Å². The van der Waals surface area contributed by atoms with Crippen LogP contribution in [-0.2, 0) is 0 Å². The summed E-state index contributed by atoms with van der Waals surface area (Å²) in [4.78, 5) is 0. The van der Waals surface area contributed by atoms with E-state index in [0.717, 1.165) is 0 Å². The van der Waals surface area contributed by atoms with E-state index in [0.29, 0.717) is 33.4 Å². The van der Waals surface area contributed by atoms with Crippen LogP contribution in [0.15, 0.2) is 12.1 Å². The van der Waals surface area contributed by atoms with Crippen LogP contribution in [0.25, 0.3) is 11.1 Å². The number of aromatic hydroxyl groups is 4. The molecule has 130 valence electrons. The maximum Gasteiger partial charge on any atom is 0.127 e. The standard InChI is InChI=1S/C20H26O4/c1-9(2)13-7-15(21)11(5)17(19(13)23)18-12(6)16(22)8-14(10(3)4)20(18)24/h7-10,21-24H,1-6H3. The summed E-state index contributed by atoms with van der Waals surface area (Å²) in [6.45, 7) is 11.0. The quantitative estimate of drug-likeness (QED) is 0.594. The molecule has 2 aromatic carbocycles. The summed E-state index contributed by atoms with van der Waals surface area (Å²) in [6.07, 6.45) is 0. The van der Waals surface area contributed by atoms with E-state index in [1.54, 1.807) is 26.0 Å². The summed E-state index contributed by atoms with van der Waals surface area (Å²) in [5.74, 6) is 0.164. The highest BCUT2D eigenvalue weighted by Crippen LogP contribution is 2.50. The van der Waals surface area contributed by atoms with Crippen molar-refractivity contribution in [2.45, 2.75) is 53.4 Å². The summed E-state index contributed by atoms with van der Waals surface area (Å²) in [6, 6.07) is 3.11. The van der Waals surface area contributed by atoms with Crippen LogP contribution in [0, 0.1) is 13.8 Å². The lowest BCUT2D eigenvalue weighted by Gasteiger charge is -2.21. The lowest BCUT2D eigenvalue weighted by Crippen LogP contribution is -1.99. The normalized spacial score (nSPS) is 11.5. The lowest BCUT2D eigenvalue weighted by molar-refractivity contribution is 0.442. The molecule has 0 saturated heterocycles. The molecule has 2 rings (SSSR count). The Labute approximate surface area is 143 Å². The average Bonchev–Trinajstić information content (AvgIpc) is 2.49. The van der Waals surface area contributed by atoms with E-state index in [-0.39, 0.29) is 34.8 Å². The third kappa shape index (κ3) is 2.77. The largest absolute Gasteiger partial charge is 0.508 e. The number of hydrogen-bond donors (Lipinski definition) is 4. The summed E-state index contributed by atoms with van der Waals surface area (Å²) in [5, 5.41) is 42.1. The predicted octanol–water partition coefficient (Wildman–Crippen LogP) is 5.04. The van der Waals surface area contributed by atoms with Gasteiger partial charge in [-0.3, -0.25) is 0 Å². The van der Waals surface area contributed by atoms with Gasteiger partial charge in [0.05, 0.1) is 0 Å². The zero-order valence-electron chi connectivity index (χ0n) is 15.1. The van der Waals surface area contributed by atoms with Gasteiger partial charge in [0.15, 0.2) is 0 Å². The minimum Gasteiger partial charge on any atom is -0.508 e. The molecule has 0 aliphatic carbocycles. The zero-order valence-corrected chi connectivity index (χ0v) is 15.1. The van der Waals surface area contributed by atoms with Gasteiger partial charge in [0.2, 0.25) is 0 Å². The molecule has 0 atom stereocenters. The van der Waals surface area contributed by atoms with Gasteiger partial charge >= 0.3 is 0 Å². The van der Waals surface area contributed by atoms with Crippen LogP contribution in [-0.4, -0.2) is 20.4 Å². The Morgan fingerprint density at radius 3 is 1.17 bits per heavy atom. The first-order valence-electron chi connectivity index (χ1n) is 8.19. The van der Waals surface area contributed by atoms with Crippen molar-refractivity contribution in [2.75, 3.05) is 0 Å². The highest BCUT2D eigenvalue weighted by Gasteiger charge is 2.25. The molecule has 4 nitrogen and oxygen atoms in total. The molecule has 4 N–H and O–H groups in total. The van der Waals surface area contributed by atoms with E-state index < -0.39 is 0 Å². The molecular formula is C20H26O4. The summed E-state index contributed by atoms with van der Waals surface area (Å²) in [7, 11) is 0. The molecule has 0 unspecified atom stereocenters. The van der Waals surface area contributed by atoms with Gasteiger partial charge in [-0.15, -0.1) is 0 Å². The minimum absolute atomic E-state index is 0.000391. The number of phenols is 4. The zero-order chi connectivity index (χ0) is 18.3. The molecule has 0 saturated carbocycles. The van der Waals surface area contributed by atoms with Gasteiger partial charge in [-0.05, 0) is 37.8 Å². The summed E-state index contributed by atoms with van der Waals surface area (Å²) in [5.41, 5.74) is 2.87. The monoisotopic (exact) mass is 330 g/mol. The van der Waals surface area contributed by atoms with Gasteiger partial charge in [0, 0.05) is 33.4 Å². The predicted molar refractivity (Wildman–Crippen MR) is 96.2 cm³/mol. The van der Waals surface area contributed by atoms with E-state index in [1.807, 2.05) is 27.7 Å². The van der Waals surface area contributed by atoms with Crippen LogP contribution in [0.3, 0.4) is 0 Å². The van der Waals surface area contributed by atoms with Crippen molar-refractivity contribution in [2.24, 2.45) is 0 Å². The molecule has 0 amide bonds.